The van der Waals surface area contributed by atoms with Crippen molar-refractivity contribution in [3.8, 4) is 0 Å². The molecule has 7 nitrogen and oxygen atoms in total. The van der Waals surface area contributed by atoms with Gasteiger partial charge >= 0.3 is 5.69 Å². The molecule has 0 spiro atoms. The molecule has 8 heteroatoms. The minimum Gasteiger partial charge on any atom is -0.341 e. The van der Waals surface area contributed by atoms with E-state index in [2.05, 4.69) is 5.10 Å². The molecule has 3 aromatic heterocycles. The van der Waals surface area contributed by atoms with E-state index in [9.17, 15) is 9.59 Å². The van der Waals surface area contributed by atoms with Crippen LogP contribution in [-0.4, -0.2) is 43.1 Å². The van der Waals surface area contributed by atoms with E-state index in [1.165, 1.54) is 4.52 Å². The minimum atomic E-state index is -0.305. The molecule has 1 saturated heterocycles. The van der Waals surface area contributed by atoms with Gasteiger partial charge < -0.3 is 4.90 Å². The monoisotopic (exact) mass is 435 g/mol. The van der Waals surface area contributed by atoms with E-state index in [1.54, 1.807) is 15.9 Å². The molecule has 31 heavy (non-hydrogen) atoms. The number of nitrogens with zero attached hydrogens (tertiary/aromatic N) is 5. The Kier molecular flexibility index (Phi) is 5.09. The summed E-state index contributed by atoms with van der Waals surface area (Å²) in [6, 6.07) is 9.98. The molecule has 0 aliphatic carbocycles. The lowest BCUT2D eigenvalue weighted by molar-refractivity contribution is -0.132. The Hall–Kier alpha value is -3.00. The van der Waals surface area contributed by atoms with Crippen molar-refractivity contribution in [2.45, 2.75) is 46.1 Å². The Bertz CT molecular complexity index is 1330. The Morgan fingerprint density at radius 2 is 1.84 bits per heavy atom. The normalized spacial score (nSPS) is 14.6. The minimum absolute atomic E-state index is 0.00391. The standard InChI is InChI=1S/C23H25N5O2S/c1-15-16(2)31-22-20(15)21-24-18(13-17-9-5-3-6-10-17)25-28(21)23(30)27(22)14-19(29)26-11-7-4-8-12-26/h3,5-6,9-10H,4,7-8,11-14H2,1-2H3. The summed E-state index contributed by atoms with van der Waals surface area (Å²) in [6.45, 7) is 5.66. The molecular weight excluding hydrogens is 410 g/mol. The largest absolute Gasteiger partial charge is 0.352 e. The van der Waals surface area contributed by atoms with E-state index in [0.29, 0.717) is 17.9 Å². The van der Waals surface area contributed by atoms with Crippen LogP contribution in [0.3, 0.4) is 0 Å². The zero-order chi connectivity index (χ0) is 21.5. The number of rotatable bonds is 4. The molecule has 4 aromatic rings. The van der Waals surface area contributed by atoms with Crippen LogP contribution in [0.2, 0.25) is 0 Å². The summed E-state index contributed by atoms with van der Waals surface area (Å²) in [5, 5.41) is 5.46. The van der Waals surface area contributed by atoms with Crippen LogP contribution in [-0.2, 0) is 17.8 Å². The van der Waals surface area contributed by atoms with Gasteiger partial charge in [-0.25, -0.2) is 9.78 Å². The predicted octanol–water partition coefficient (Wildman–Crippen LogP) is 3.33. The van der Waals surface area contributed by atoms with Gasteiger partial charge in [-0.1, -0.05) is 30.3 Å². The fraction of sp³-hybridized carbons (Fsp3) is 0.391. The average molecular weight is 436 g/mol. The number of carbonyl (C=O) groups is 1. The summed E-state index contributed by atoms with van der Waals surface area (Å²) in [6.07, 6.45) is 3.77. The summed E-state index contributed by atoms with van der Waals surface area (Å²) >= 11 is 1.55. The molecule has 0 radical (unpaired) electrons. The number of thiophene rings is 1. The SMILES string of the molecule is Cc1sc2c(c1C)c1nc(Cc3ccccc3)nn1c(=O)n2CC(=O)N1CCCCC1. The molecule has 0 atom stereocenters. The van der Waals surface area contributed by atoms with Gasteiger partial charge in [0, 0.05) is 24.4 Å². The molecule has 1 fully saturated rings. The number of likely N-dealkylation sites (tertiary alicyclic amines) is 1. The van der Waals surface area contributed by atoms with Gasteiger partial charge in [0.25, 0.3) is 0 Å². The number of benzene rings is 1. The Morgan fingerprint density at radius 3 is 2.58 bits per heavy atom. The predicted molar refractivity (Wildman–Crippen MR) is 122 cm³/mol. The number of piperidine rings is 1. The molecule has 1 aromatic carbocycles. The maximum absolute atomic E-state index is 13.4. The summed E-state index contributed by atoms with van der Waals surface area (Å²) in [4.78, 5) is 34.9. The molecule has 4 heterocycles. The van der Waals surface area contributed by atoms with Crippen LogP contribution in [0.15, 0.2) is 35.1 Å². The van der Waals surface area contributed by atoms with Crippen molar-refractivity contribution < 1.29 is 4.79 Å². The third kappa shape index (κ3) is 3.54. The third-order valence-corrected chi connectivity index (χ3v) is 7.34. The van der Waals surface area contributed by atoms with Crippen LogP contribution in [0.25, 0.3) is 15.9 Å². The molecule has 1 amide bonds. The van der Waals surface area contributed by atoms with Gasteiger partial charge in [0.2, 0.25) is 5.91 Å². The zero-order valence-electron chi connectivity index (χ0n) is 17.8. The number of aryl methyl sites for hydroxylation is 2. The number of hydrogen-bond donors (Lipinski definition) is 0. The molecule has 0 unspecified atom stereocenters. The maximum Gasteiger partial charge on any atom is 0.352 e. The van der Waals surface area contributed by atoms with Crippen LogP contribution in [0.1, 0.15) is 41.1 Å². The molecule has 1 aliphatic heterocycles. The third-order valence-electron chi connectivity index (χ3n) is 6.11. The second kappa shape index (κ2) is 7.92. The summed E-state index contributed by atoms with van der Waals surface area (Å²) in [7, 11) is 0. The van der Waals surface area contributed by atoms with E-state index in [-0.39, 0.29) is 18.1 Å². The van der Waals surface area contributed by atoms with E-state index < -0.39 is 0 Å². The highest BCUT2D eigenvalue weighted by atomic mass is 32.1. The number of carbonyl (C=O) groups excluding carboxylic acids is 1. The van der Waals surface area contributed by atoms with Crippen LogP contribution >= 0.6 is 11.3 Å². The van der Waals surface area contributed by atoms with Gasteiger partial charge in [-0.2, -0.15) is 4.52 Å². The number of amides is 1. The topological polar surface area (TPSA) is 72.5 Å². The van der Waals surface area contributed by atoms with Crippen LogP contribution in [0.4, 0.5) is 0 Å². The molecular formula is C23H25N5O2S. The molecule has 0 saturated carbocycles. The van der Waals surface area contributed by atoms with Crippen molar-refractivity contribution in [2.24, 2.45) is 0 Å². The number of fused-ring (bicyclic) bond motifs is 3. The van der Waals surface area contributed by atoms with Crippen LogP contribution in [0.5, 0.6) is 0 Å². The zero-order valence-corrected chi connectivity index (χ0v) is 18.6. The van der Waals surface area contributed by atoms with E-state index in [0.717, 1.165) is 58.6 Å². The van der Waals surface area contributed by atoms with Gasteiger partial charge in [0.05, 0.1) is 5.39 Å². The quantitative estimate of drug-likeness (QED) is 0.493. The highest BCUT2D eigenvalue weighted by molar-refractivity contribution is 7.19. The molecule has 1 aliphatic rings. The van der Waals surface area contributed by atoms with E-state index in [1.807, 2.05) is 49.1 Å². The van der Waals surface area contributed by atoms with E-state index in [4.69, 9.17) is 4.98 Å². The van der Waals surface area contributed by atoms with Gasteiger partial charge in [-0.15, -0.1) is 16.4 Å². The second-order valence-corrected chi connectivity index (χ2v) is 9.40. The van der Waals surface area contributed by atoms with Crippen molar-refractivity contribution in [1.29, 1.82) is 0 Å². The lowest BCUT2D eigenvalue weighted by Gasteiger charge is -2.27. The van der Waals surface area contributed by atoms with Crippen LogP contribution < -0.4 is 5.69 Å². The van der Waals surface area contributed by atoms with Gasteiger partial charge in [-0.3, -0.25) is 9.36 Å². The van der Waals surface area contributed by atoms with Gasteiger partial charge in [-0.05, 0) is 44.2 Å². The number of hydrogen-bond acceptors (Lipinski definition) is 5. The van der Waals surface area contributed by atoms with Gasteiger partial charge in [0.15, 0.2) is 11.5 Å². The first-order chi connectivity index (χ1) is 15.0. The fourth-order valence-electron chi connectivity index (χ4n) is 4.28. The van der Waals surface area contributed by atoms with Gasteiger partial charge in [0.1, 0.15) is 11.4 Å². The first-order valence-electron chi connectivity index (χ1n) is 10.7. The number of aromatic nitrogens is 4. The van der Waals surface area contributed by atoms with Crippen molar-refractivity contribution in [3.63, 3.8) is 0 Å². The lowest BCUT2D eigenvalue weighted by atomic mass is 10.1. The van der Waals surface area contributed by atoms with Crippen molar-refractivity contribution >= 4 is 33.1 Å². The summed E-state index contributed by atoms with van der Waals surface area (Å²) in [5.74, 6) is 0.601. The molecule has 0 N–H and O–H groups in total. The Labute approximate surface area is 183 Å². The second-order valence-electron chi connectivity index (χ2n) is 8.20. The van der Waals surface area contributed by atoms with Crippen molar-refractivity contribution in [1.82, 2.24) is 24.1 Å². The molecule has 5 rings (SSSR count). The van der Waals surface area contributed by atoms with Crippen LogP contribution in [0, 0.1) is 13.8 Å². The maximum atomic E-state index is 13.4. The van der Waals surface area contributed by atoms with Crippen molar-refractivity contribution in [3.05, 3.63) is 62.6 Å². The molecule has 0 bridgehead atoms. The van der Waals surface area contributed by atoms with Crippen molar-refractivity contribution in [2.75, 3.05) is 13.1 Å². The smallest absolute Gasteiger partial charge is 0.341 e. The molecule has 160 valence electrons. The average Bonchev–Trinajstić information content (AvgIpc) is 3.33. The fourth-order valence-corrected chi connectivity index (χ4v) is 5.43. The highest BCUT2D eigenvalue weighted by Crippen LogP contribution is 2.32. The lowest BCUT2D eigenvalue weighted by Crippen LogP contribution is -2.40. The summed E-state index contributed by atoms with van der Waals surface area (Å²) in [5.41, 5.74) is 2.45. The summed E-state index contributed by atoms with van der Waals surface area (Å²) < 4.78 is 2.97. The highest BCUT2D eigenvalue weighted by Gasteiger charge is 2.23. The van der Waals surface area contributed by atoms with E-state index >= 15 is 0 Å². The Balaban J connectivity index is 1.62. The first kappa shape index (κ1) is 19.9. The first-order valence-corrected chi connectivity index (χ1v) is 11.5. The Morgan fingerprint density at radius 1 is 1.10 bits per heavy atom.